The Morgan fingerprint density at radius 1 is 1.27 bits per heavy atom. The molecule has 2 rings (SSSR count). The zero-order valence-electron chi connectivity index (χ0n) is 13.0. The fraction of sp³-hybridized carbons (Fsp3) is 0.500. The van der Waals surface area contributed by atoms with E-state index in [9.17, 15) is 18.9 Å². The molecule has 1 aliphatic heterocycles. The standard InChI is InChI=1S/C16H21NO4S/c1-11(2)22(21)13-6-4-12(5-7-13)14(18)17-9-8-16(3,10-17)15(19)20/h4-7,11H,8-10H2,1-3H3,(H,19,20)/t16-,22-/m0/s1. The van der Waals surface area contributed by atoms with E-state index in [0.717, 1.165) is 0 Å². The minimum Gasteiger partial charge on any atom is -0.481 e. The molecule has 0 aromatic heterocycles. The van der Waals surface area contributed by atoms with Crippen molar-refractivity contribution in [3.8, 4) is 0 Å². The van der Waals surface area contributed by atoms with Gasteiger partial charge in [0.05, 0.1) is 16.2 Å². The van der Waals surface area contributed by atoms with E-state index in [0.29, 0.717) is 23.4 Å². The van der Waals surface area contributed by atoms with E-state index in [1.165, 1.54) is 0 Å². The van der Waals surface area contributed by atoms with Crippen LogP contribution in [0, 0.1) is 5.41 Å². The van der Waals surface area contributed by atoms with Crippen LogP contribution in [0.3, 0.4) is 0 Å². The maximum atomic E-state index is 12.4. The highest BCUT2D eigenvalue weighted by Gasteiger charge is 2.42. The summed E-state index contributed by atoms with van der Waals surface area (Å²) in [6, 6.07) is 6.73. The van der Waals surface area contributed by atoms with Crippen LogP contribution in [0.2, 0.25) is 0 Å². The van der Waals surface area contributed by atoms with Crippen molar-refractivity contribution in [2.24, 2.45) is 5.41 Å². The molecule has 1 aliphatic rings. The van der Waals surface area contributed by atoms with Gasteiger partial charge in [-0.25, -0.2) is 0 Å². The van der Waals surface area contributed by atoms with Crippen LogP contribution >= 0.6 is 0 Å². The highest BCUT2D eigenvalue weighted by molar-refractivity contribution is 7.85. The lowest BCUT2D eigenvalue weighted by Crippen LogP contribution is -2.34. The minimum atomic E-state index is -1.08. The van der Waals surface area contributed by atoms with Crippen LogP contribution in [0.25, 0.3) is 0 Å². The molecule has 0 saturated carbocycles. The van der Waals surface area contributed by atoms with Crippen LogP contribution in [0.4, 0.5) is 0 Å². The third-order valence-corrected chi connectivity index (χ3v) is 5.63. The van der Waals surface area contributed by atoms with Crippen molar-refractivity contribution in [1.82, 2.24) is 4.90 Å². The van der Waals surface area contributed by atoms with E-state index >= 15 is 0 Å². The lowest BCUT2D eigenvalue weighted by atomic mass is 9.90. The van der Waals surface area contributed by atoms with Gasteiger partial charge in [-0.15, -0.1) is 0 Å². The monoisotopic (exact) mass is 323 g/mol. The first-order valence-electron chi connectivity index (χ1n) is 7.28. The Hall–Kier alpha value is -1.69. The normalized spacial score (nSPS) is 22.8. The molecule has 0 spiro atoms. The predicted octanol–water partition coefficient (Wildman–Crippen LogP) is 2.14. The Balaban J connectivity index is 2.11. The van der Waals surface area contributed by atoms with Gasteiger partial charge in [0.15, 0.2) is 0 Å². The van der Waals surface area contributed by atoms with Crippen molar-refractivity contribution >= 4 is 22.7 Å². The van der Waals surface area contributed by atoms with Crippen LogP contribution in [-0.2, 0) is 15.6 Å². The number of hydrogen-bond acceptors (Lipinski definition) is 3. The minimum absolute atomic E-state index is 0.0245. The number of amides is 1. The Labute approximate surface area is 132 Å². The Bertz CT molecular complexity index is 611. The molecule has 1 aromatic carbocycles. The summed E-state index contributed by atoms with van der Waals surface area (Å²) in [4.78, 5) is 25.9. The van der Waals surface area contributed by atoms with Crippen molar-refractivity contribution in [3.63, 3.8) is 0 Å². The highest BCUT2D eigenvalue weighted by Crippen LogP contribution is 2.31. The molecule has 1 heterocycles. The average Bonchev–Trinajstić information content (AvgIpc) is 2.90. The van der Waals surface area contributed by atoms with Crippen molar-refractivity contribution in [2.75, 3.05) is 13.1 Å². The number of hydrogen-bond donors (Lipinski definition) is 1. The molecular formula is C16H21NO4S. The number of likely N-dealkylation sites (tertiary alicyclic amines) is 1. The lowest BCUT2D eigenvalue weighted by Gasteiger charge is -2.20. The van der Waals surface area contributed by atoms with Gasteiger partial charge in [-0.1, -0.05) is 13.8 Å². The molecule has 2 atom stereocenters. The van der Waals surface area contributed by atoms with Gasteiger partial charge in [0.2, 0.25) is 0 Å². The summed E-state index contributed by atoms with van der Waals surface area (Å²) >= 11 is 0. The third kappa shape index (κ3) is 3.21. The number of nitrogens with zero attached hydrogens (tertiary/aromatic N) is 1. The van der Waals surface area contributed by atoms with Crippen molar-refractivity contribution in [2.45, 2.75) is 37.3 Å². The quantitative estimate of drug-likeness (QED) is 0.921. The van der Waals surface area contributed by atoms with Gasteiger partial charge in [0.1, 0.15) is 0 Å². The Kier molecular flexibility index (Phi) is 4.70. The molecule has 0 unspecified atom stereocenters. The lowest BCUT2D eigenvalue weighted by molar-refractivity contribution is -0.147. The molecule has 0 aliphatic carbocycles. The molecule has 120 valence electrons. The first-order valence-corrected chi connectivity index (χ1v) is 8.49. The molecule has 1 saturated heterocycles. The van der Waals surface area contributed by atoms with Crippen LogP contribution < -0.4 is 0 Å². The average molecular weight is 323 g/mol. The number of benzene rings is 1. The summed E-state index contributed by atoms with van der Waals surface area (Å²) in [6.07, 6.45) is 0.462. The second-order valence-electron chi connectivity index (χ2n) is 6.21. The summed E-state index contributed by atoms with van der Waals surface area (Å²) < 4.78 is 12.0. The second-order valence-corrected chi connectivity index (χ2v) is 8.22. The number of carbonyl (C=O) groups excluding carboxylic acids is 1. The molecule has 22 heavy (non-hydrogen) atoms. The van der Waals surface area contributed by atoms with E-state index in [4.69, 9.17) is 0 Å². The van der Waals surface area contributed by atoms with Gasteiger partial charge >= 0.3 is 5.97 Å². The summed E-state index contributed by atoms with van der Waals surface area (Å²) in [7, 11) is -1.08. The molecule has 1 N–H and O–H groups in total. The maximum Gasteiger partial charge on any atom is 0.311 e. The van der Waals surface area contributed by atoms with Crippen LogP contribution in [0.1, 0.15) is 37.6 Å². The van der Waals surface area contributed by atoms with Crippen LogP contribution in [0.5, 0.6) is 0 Å². The van der Waals surface area contributed by atoms with E-state index in [1.807, 2.05) is 13.8 Å². The van der Waals surface area contributed by atoms with Gasteiger partial charge in [-0.05, 0) is 37.6 Å². The molecule has 5 nitrogen and oxygen atoms in total. The first kappa shape index (κ1) is 16.7. The number of aliphatic carboxylic acids is 1. The SMILES string of the molecule is CC(C)[S@](=O)c1ccc(C(=O)N2CC[C@](C)(C(=O)O)C2)cc1. The van der Waals surface area contributed by atoms with Gasteiger partial charge < -0.3 is 10.0 Å². The molecule has 6 heteroatoms. The van der Waals surface area contributed by atoms with Crippen molar-refractivity contribution in [1.29, 1.82) is 0 Å². The number of carboxylic acid groups (broad SMARTS) is 1. The second kappa shape index (κ2) is 6.20. The molecular weight excluding hydrogens is 302 g/mol. The van der Waals surface area contributed by atoms with Crippen LogP contribution in [0.15, 0.2) is 29.2 Å². The van der Waals surface area contributed by atoms with Gasteiger partial charge in [-0.3, -0.25) is 13.8 Å². The number of carboxylic acids is 1. The maximum absolute atomic E-state index is 12.4. The van der Waals surface area contributed by atoms with Gasteiger partial charge in [0.25, 0.3) is 5.91 Å². The summed E-state index contributed by atoms with van der Waals surface area (Å²) in [5, 5.41) is 9.24. The number of rotatable bonds is 4. The van der Waals surface area contributed by atoms with Gasteiger partial charge in [0, 0.05) is 28.8 Å². The highest BCUT2D eigenvalue weighted by atomic mass is 32.2. The van der Waals surface area contributed by atoms with Crippen molar-refractivity contribution in [3.05, 3.63) is 29.8 Å². The van der Waals surface area contributed by atoms with E-state index < -0.39 is 22.2 Å². The number of carbonyl (C=O) groups is 2. The summed E-state index contributed by atoms with van der Waals surface area (Å²) in [5.41, 5.74) is -0.367. The van der Waals surface area contributed by atoms with E-state index in [2.05, 4.69) is 0 Å². The van der Waals surface area contributed by atoms with E-state index in [1.54, 1.807) is 36.1 Å². The fourth-order valence-corrected chi connectivity index (χ4v) is 3.44. The zero-order valence-corrected chi connectivity index (χ0v) is 13.9. The largest absolute Gasteiger partial charge is 0.481 e. The molecule has 1 fully saturated rings. The Morgan fingerprint density at radius 3 is 2.32 bits per heavy atom. The molecule has 1 amide bonds. The zero-order chi connectivity index (χ0) is 16.5. The fourth-order valence-electron chi connectivity index (χ4n) is 2.50. The van der Waals surface area contributed by atoms with Gasteiger partial charge in [-0.2, -0.15) is 0 Å². The Morgan fingerprint density at radius 2 is 1.86 bits per heavy atom. The molecule has 1 aromatic rings. The predicted molar refractivity (Wildman–Crippen MR) is 84.2 cm³/mol. The van der Waals surface area contributed by atoms with E-state index in [-0.39, 0.29) is 17.7 Å². The summed E-state index contributed by atoms with van der Waals surface area (Å²) in [6.45, 7) is 6.10. The van der Waals surface area contributed by atoms with Crippen molar-refractivity contribution < 1.29 is 18.9 Å². The smallest absolute Gasteiger partial charge is 0.311 e. The summed E-state index contributed by atoms with van der Waals surface area (Å²) in [5.74, 6) is -1.04. The molecule has 0 bridgehead atoms. The topological polar surface area (TPSA) is 74.7 Å². The molecule has 0 radical (unpaired) electrons. The third-order valence-electron chi connectivity index (χ3n) is 4.04. The first-order chi connectivity index (χ1) is 10.2. The van der Waals surface area contributed by atoms with Crippen LogP contribution in [-0.4, -0.2) is 44.4 Å².